The van der Waals surface area contributed by atoms with Crippen molar-refractivity contribution < 1.29 is 45.4 Å². The fourth-order valence-electron chi connectivity index (χ4n) is 8.19. The van der Waals surface area contributed by atoms with Crippen LogP contribution in [0.15, 0.2) is 62.4 Å². The van der Waals surface area contributed by atoms with Gasteiger partial charge in [-0.05, 0) is 150 Å². The lowest BCUT2D eigenvalue weighted by molar-refractivity contribution is 0.108. The third-order valence-electron chi connectivity index (χ3n) is 12.1. The van der Waals surface area contributed by atoms with Crippen LogP contribution in [0, 0.1) is 18.8 Å². The average molecular weight is 1170 g/mol. The lowest BCUT2D eigenvalue weighted by atomic mass is 9.86. The minimum absolute atomic E-state index is 0.0657. The van der Waals surface area contributed by atoms with Crippen LogP contribution >= 0.6 is 38.6 Å². The standard InChI is InChI=1S/C26H39N3O5S2.C14H23NO3S.C13H19BrN2O2S/c1-6-28-36(31,32)24-15-21(33-14-13-17(2)3)11-12-22(24)23-16-27-25(35-23)19-7-9-20(10-8-19)29-26(30)34-18(4)5;1-5-15-19(16,17)14-10-13(7-6-12(14)4)18-9-8-11(2)3;1-8(2)18-13(17)16-10-5-3-9(4-6-10)12-15-7-11(14)19-12/h11-12,15-20,28H,6-10,13-14H2,1-5H3,(H,29,30);6-7,10-11,15H,5,8-9H2,1-4H3;7-10H,3-6H2,1-2H3,(H,16,17). The van der Waals surface area contributed by atoms with E-state index < -0.39 is 20.0 Å². The number of aromatic nitrogens is 2. The number of thiazole rings is 2. The van der Waals surface area contributed by atoms with Crippen molar-refractivity contribution in [3.63, 3.8) is 0 Å². The number of rotatable bonds is 21. The summed E-state index contributed by atoms with van der Waals surface area (Å²) in [7, 11) is -7.13. The topological polar surface area (TPSA) is 213 Å². The lowest BCUT2D eigenvalue weighted by Crippen LogP contribution is -2.38. The summed E-state index contributed by atoms with van der Waals surface area (Å²) in [6, 6.07) is 10.8. The molecule has 6 rings (SSSR count). The van der Waals surface area contributed by atoms with E-state index in [2.05, 4.69) is 73.7 Å². The second-order valence-electron chi connectivity index (χ2n) is 20.0. The van der Waals surface area contributed by atoms with E-state index in [-0.39, 0.29) is 52.2 Å². The highest BCUT2D eigenvalue weighted by molar-refractivity contribution is 9.11. The molecule has 0 bridgehead atoms. The van der Waals surface area contributed by atoms with Crippen molar-refractivity contribution in [2.24, 2.45) is 11.8 Å². The summed E-state index contributed by atoms with van der Waals surface area (Å²) < 4.78 is 78.0. The van der Waals surface area contributed by atoms with Crippen molar-refractivity contribution in [1.82, 2.24) is 30.0 Å². The molecule has 2 heterocycles. The monoisotopic (exact) mass is 1170 g/mol. The summed E-state index contributed by atoms with van der Waals surface area (Å²) in [5, 5.41) is 8.09. The fraction of sp³-hybridized carbons (Fsp3) is 0.623. The third kappa shape index (κ3) is 21.3. The van der Waals surface area contributed by atoms with Gasteiger partial charge < -0.3 is 29.6 Å². The molecule has 16 nitrogen and oxygen atoms in total. The molecule has 0 saturated heterocycles. The van der Waals surface area contributed by atoms with E-state index in [1.165, 1.54) is 16.3 Å². The highest BCUT2D eigenvalue weighted by atomic mass is 79.9. The van der Waals surface area contributed by atoms with Gasteiger partial charge >= 0.3 is 12.2 Å². The number of alkyl carbamates (subject to hydrolysis) is 2. The molecule has 414 valence electrons. The van der Waals surface area contributed by atoms with Gasteiger partial charge in [0.1, 0.15) is 11.5 Å². The molecule has 2 aromatic heterocycles. The number of carbonyl (C=O) groups is 2. The van der Waals surface area contributed by atoms with Crippen molar-refractivity contribution in [3.05, 3.63) is 68.2 Å². The third-order valence-corrected chi connectivity index (χ3v) is 18.2. The van der Waals surface area contributed by atoms with Gasteiger partial charge in [0.2, 0.25) is 20.0 Å². The highest BCUT2D eigenvalue weighted by Gasteiger charge is 2.29. The van der Waals surface area contributed by atoms with Crippen LogP contribution in [0.5, 0.6) is 11.5 Å². The van der Waals surface area contributed by atoms with Crippen LogP contribution in [0.4, 0.5) is 9.59 Å². The maximum atomic E-state index is 13.0. The number of amides is 2. The predicted molar refractivity (Wildman–Crippen MR) is 300 cm³/mol. The van der Waals surface area contributed by atoms with Crippen LogP contribution in [0.25, 0.3) is 10.4 Å². The minimum atomic E-state index is -3.70. The lowest BCUT2D eigenvalue weighted by Gasteiger charge is -2.28. The Kier molecular flexibility index (Phi) is 26.1. The summed E-state index contributed by atoms with van der Waals surface area (Å²) in [6.45, 7) is 23.0. The van der Waals surface area contributed by atoms with E-state index >= 15 is 0 Å². The van der Waals surface area contributed by atoms with Crippen molar-refractivity contribution in [1.29, 1.82) is 0 Å². The largest absolute Gasteiger partial charge is 0.494 e. The number of benzene rings is 2. The van der Waals surface area contributed by atoms with Crippen molar-refractivity contribution in [2.75, 3.05) is 26.3 Å². The van der Waals surface area contributed by atoms with E-state index in [0.29, 0.717) is 61.1 Å². The SMILES string of the molecule is CC(C)OC(=O)NC1CCC(c2ncc(Br)s2)CC1.CCNS(=O)(=O)c1cc(OCCC(C)C)ccc1-c1cnc(C2CCC(NC(=O)OC(C)C)CC2)s1.CCNS(=O)(=O)c1cc(OCCC(C)C)ccc1C. The van der Waals surface area contributed by atoms with Gasteiger partial charge in [0.05, 0.1) is 60.1 Å². The molecule has 0 spiro atoms. The molecule has 2 amide bonds. The maximum Gasteiger partial charge on any atom is 0.407 e. The zero-order valence-corrected chi connectivity index (χ0v) is 50.0. The van der Waals surface area contributed by atoms with E-state index in [4.69, 9.17) is 18.9 Å². The van der Waals surface area contributed by atoms with Crippen molar-refractivity contribution >= 4 is 70.8 Å². The molecule has 4 N–H and O–H groups in total. The van der Waals surface area contributed by atoms with Crippen LogP contribution in [-0.2, 0) is 29.5 Å². The number of halogens is 1. The van der Waals surface area contributed by atoms with E-state index in [1.54, 1.807) is 62.6 Å². The summed E-state index contributed by atoms with van der Waals surface area (Å²) in [5.74, 6) is 3.04. The van der Waals surface area contributed by atoms with Gasteiger partial charge in [-0.3, -0.25) is 0 Å². The van der Waals surface area contributed by atoms with E-state index in [9.17, 15) is 26.4 Å². The normalized spacial score (nSPS) is 18.0. The summed E-state index contributed by atoms with van der Waals surface area (Å²) >= 11 is 6.70. The average Bonchev–Trinajstić information content (AvgIpc) is 4.00. The number of hydrogen-bond donors (Lipinski definition) is 4. The van der Waals surface area contributed by atoms with Gasteiger partial charge in [-0.2, -0.15) is 0 Å². The molecule has 0 atom stereocenters. The Labute approximate surface area is 457 Å². The first-order valence-electron chi connectivity index (χ1n) is 26.0. The highest BCUT2D eigenvalue weighted by Crippen LogP contribution is 2.41. The van der Waals surface area contributed by atoms with Gasteiger partial charge in [0, 0.05) is 60.9 Å². The Morgan fingerprint density at radius 1 is 0.635 bits per heavy atom. The number of ether oxygens (including phenoxy) is 4. The van der Waals surface area contributed by atoms with Crippen LogP contribution in [0.3, 0.4) is 0 Å². The van der Waals surface area contributed by atoms with Crippen LogP contribution in [0.2, 0.25) is 0 Å². The Hall–Kier alpha value is -3.86. The van der Waals surface area contributed by atoms with Crippen LogP contribution in [0.1, 0.15) is 161 Å². The van der Waals surface area contributed by atoms with Crippen LogP contribution < -0.4 is 29.6 Å². The molecular formula is C53H81BrN6O10S4. The predicted octanol–water partition coefficient (Wildman–Crippen LogP) is 12.5. The smallest absolute Gasteiger partial charge is 0.407 e. The van der Waals surface area contributed by atoms with Gasteiger partial charge in [-0.1, -0.05) is 47.6 Å². The van der Waals surface area contributed by atoms with Gasteiger partial charge in [-0.25, -0.2) is 45.8 Å². The summed E-state index contributed by atoms with van der Waals surface area (Å²) in [6.07, 6.45) is 12.3. The molecule has 0 radical (unpaired) electrons. The molecule has 2 saturated carbocycles. The molecule has 4 aromatic rings. The number of nitrogens with zero attached hydrogens (tertiary/aromatic N) is 2. The zero-order chi connectivity index (χ0) is 54.6. The van der Waals surface area contributed by atoms with E-state index in [1.807, 2.05) is 46.0 Å². The van der Waals surface area contributed by atoms with Crippen LogP contribution in [-0.4, -0.2) is 89.6 Å². The Morgan fingerprint density at radius 2 is 1.07 bits per heavy atom. The number of carbonyl (C=O) groups excluding carboxylic acids is 2. The van der Waals surface area contributed by atoms with Crippen molar-refractivity contribution in [3.8, 4) is 21.9 Å². The maximum absolute atomic E-state index is 13.0. The molecule has 0 unspecified atom stereocenters. The first-order valence-corrected chi connectivity index (χ1v) is 31.4. The number of hydrogen-bond acceptors (Lipinski definition) is 14. The molecule has 74 heavy (non-hydrogen) atoms. The molecule has 21 heteroatoms. The second kappa shape index (κ2) is 30.8. The zero-order valence-electron chi connectivity index (χ0n) is 45.1. The number of sulfonamides is 2. The molecule has 2 aliphatic carbocycles. The van der Waals surface area contributed by atoms with Gasteiger partial charge in [-0.15, -0.1) is 22.7 Å². The molecular weight excluding hydrogens is 1090 g/mol. The Bertz CT molecular complexity index is 2570. The van der Waals surface area contributed by atoms with E-state index in [0.717, 1.165) is 83.4 Å². The fourth-order valence-corrected chi connectivity index (χ4v) is 13.4. The first kappa shape index (κ1) is 62.7. The molecule has 2 fully saturated rings. The molecule has 0 aliphatic heterocycles. The van der Waals surface area contributed by atoms with Crippen molar-refractivity contribution in [2.45, 2.75) is 186 Å². The number of nitrogens with one attached hydrogen (secondary N) is 4. The Morgan fingerprint density at radius 3 is 1.50 bits per heavy atom. The second-order valence-corrected chi connectivity index (χ2v) is 27.0. The summed E-state index contributed by atoms with van der Waals surface area (Å²) in [5.41, 5.74) is 1.35. The van der Waals surface area contributed by atoms with Gasteiger partial charge in [0.15, 0.2) is 0 Å². The Balaban J connectivity index is 0.000000263. The quantitative estimate of drug-likeness (QED) is 0.0613. The van der Waals surface area contributed by atoms with Gasteiger partial charge in [0.25, 0.3) is 0 Å². The summed E-state index contributed by atoms with van der Waals surface area (Å²) in [4.78, 5) is 33.8. The molecule has 2 aromatic carbocycles. The number of aryl methyl sites for hydroxylation is 1. The molecule has 2 aliphatic rings. The first-order chi connectivity index (χ1) is 35.0. The minimum Gasteiger partial charge on any atom is -0.494 e.